The van der Waals surface area contributed by atoms with Gasteiger partial charge in [0.05, 0.1) is 12.8 Å². The Morgan fingerprint density at radius 1 is 1.90 bits per heavy atom. The zero-order valence-corrected chi connectivity index (χ0v) is 5.59. The largest absolute Gasteiger partial charge is 0.481 e. The molecule has 0 aromatic rings. The summed E-state index contributed by atoms with van der Waals surface area (Å²) in [7, 11) is 0. The van der Waals surface area contributed by atoms with Crippen molar-refractivity contribution >= 4 is 11.9 Å². The number of rotatable bonds is 2. The molecule has 1 aliphatic rings. The molecule has 1 saturated heterocycles. The number of carbonyl (C=O) groups is 2. The first-order chi connectivity index (χ1) is 4.52. The van der Waals surface area contributed by atoms with Crippen molar-refractivity contribution in [1.29, 1.82) is 0 Å². The molecule has 1 N–H and O–H groups in total. The minimum Gasteiger partial charge on any atom is -0.481 e. The second-order valence-corrected chi connectivity index (χ2v) is 2.67. The molecule has 4 nitrogen and oxygen atoms in total. The zero-order valence-electron chi connectivity index (χ0n) is 5.59. The molecule has 0 spiro atoms. The fraction of sp³-hybridized carbons (Fsp3) is 0.667. The predicted molar refractivity (Wildman–Crippen MR) is 31.4 cm³/mol. The second kappa shape index (κ2) is 1.97. The van der Waals surface area contributed by atoms with E-state index in [4.69, 9.17) is 5.11 Å². The third-order valence-electron chi connectivity index (χ3n) is 1.40. The molecule has 0 bridgehead atoms. The van der Waals surface area contributed by atoms with Gasteiger partial charge in [-0.1, -0.05) is 0 Å². The molecule has 0 aliphatic carbocycles. The van der Waals surface area contributed by atoms with E-state index in [2.05, 4.69) is 4.74 Å². The third kappa shape index (κ3) is 1.26. The topological polar surface area (TPSA) is 63.6 Å². The lowest BCUT2D eigenvalue weighted by atomic mass is 9.93. The van der Waals surface area contributed by atoms with E-state index in [1.54, 1.807) is 6.92 Å². The monoisotopic (exact) mass is 144 g/mol. The highest BCUT2D eigenvalue weighted by molar-refractivity contribution is 5.80. The number of ether oxygens (including phenoxy) is 1. The zero-order chi connectivity index (χ0) is 7.78. The van der Waals surface area contributed by atoms with Crippen molar-refractivity contribution in [2.24, 2.45) is 0 Å². The Hall–Kier alpha value is -1.06. The first kappa shape index (κ1) is 7.05. The van der Waals surface area contributed by atoms with E-state index in [1.807, 2.05) is 0 Å². The van der Waals surface area contributed by atoms with Gasteiger partial charge in [-0.05, 0) is 6.92 Å². The van der Waals surface area contributed by atoms with Gasteiger partial charge in [0, 0.05) is 0 Å². The third-order valence-corrected chi connectivity index (χ3v) is 1.40. The minimum atomic E-state index is -0.935. The molecule has 0 radical (unpaired) electrons. The van der Waals surface area contributed by atoms with Crippen molar-refractivity contribution in [3.05, 3.63) is 0 Å². The highest BCUT2D eigenvalue weighted by atomic mass is 16.6. The predicted octanol–water partition coefficient (Wildman–Crippen LogP) is 0.167. The number of esters is 1. The van der Waals surface area contributed by atoms with Crippen LogP contribution < -0.4 is 0 Å². The second-order valence-electron chi connectivity index (χ2n) is 2.67. The Bertz CT molecular complexity index is 176. The average Bonchev–Trinajstić information content (AvgIpc) is 1.57. The van der Waals surface area contributed by atoms with E-state index in [0.29, 0.717) is 0 Å². The maximum Gasteiger partial charge on any atom is 0.310 e. The lowest BCUT2D eigenvalue weighted by molar-refractivity contribution is -0.191. The van der Waals surface area contributed by atoms with Crippen LogP contribution in [0.5, 0.6) is 0 Å². The summed E-state index contributed by atoms with van der Waals surface area (Å²) < 4.78 is 4.62. The first-order valence-electron chi connectivity index (χ1n) is 2.95. The van der Waals surface area contributed by atoms with Crippen LogP contribution in [0.4, 0.5) is 0 Å². The van der Waals surface area contributed by atoms with Crippen LogP contribution in [-0.4, -0.2) is 22.6 Å². The number of hydrogen-bond donors (Lipinski definition) is 1. The summed E-state index contributed by atoms with van der Waals surface area (Å²) in [6.07, 6.45) is 0.123. The van der Waals surface area contributed by atoms with Gasteiger partial charge in [0.25, 0.3) is 0 Å². The highest BCUT2D eigenvalue weighted by Crippen LogP contribution is 2.30. The van der Waals surface area contributed by atoms with Gasteiger partial charge in [0.2, 0.25) is 0 Å². The van der Waals surface area contributed by atoms with Gasteiger partial charge in [-0.25, -0.2) is 0 Å². The summed E-state index contributed by atoms with van der Waals surface area (Å²) in [4.78, 5) is 20.4. The molecule has 56 valence electrons. The average molecular weight is 144 g/mol. The van der Waals surface area contributed by atoms with Crippen LogP contribution in [0.15, 0.2) is 0 Å². The molecule has 1 fully saturated rings. The van der Waals surface area contributed by atoms with E-state index in [1.165, 1.54) is 0 Å². The first-order valence-corrected chi connectivity index (χ1v) is 2.95. The summed E-state index contributed by atoms with van der Waals surface area (Å²) in [5.74, 6) is -1.25. The van der Waals surface area contributed by atoms with E-state index >= 15 is 0 Å². The number of carbonyl (C=O) groups excluding carboxylic acids is 1. The summed E-state index contributed by atoms with van der Waals surface area (Å²) >= 11 is 0. The molecule has 4 heteroatoms. The van der Waals surface area contributed by atoms with Crippen molar-refractivity contribution in [2.45, 2.75) is 25.4 Å². The number of carboxylic acids is 1. The van der Waals surface area contributed by atoms with E-state index < -0.39 is 11.6 Å². The fourth-order valence-corrected chi connectivity index (χ4v) is 0.990. The molecule has 0 aromatic carbocycles. The smallest absolute Gasteiger partial charge is 0.310 e. The molecule has 1 heterocycles. The van der Waals surface area contributed by atoms with Crippen LogP contribution in [0, 0.1) is 0 Å². The molecule has 1 atom stereocenters. The lowest BCUT2D eigenvalue weighted by Gasteiger charge is -2.35. The van der Waals surface area contributed by atoms with Gasteiger partial charge in [-0.3, -0.25) is 9.59 Å². The molecule has 0 aromatic heterocycles. The molecule has 0 amide bonds. The summed E-state index contributed by atoms with van der Waals surface area (Å²) in [6.45, 7) is 1.61. The van der Waals surface area contributed by atoms with Crippen LogP contribution >= 0.6 is 0 Å². The van der Waals surface area contributed by atoms with Crippen molar-refractivity contribution in [1.82, 2.24) is 0 Å². The van der Waals surface area contributed by atoms with E-state index in [9.17, 15) is 9.59 Å². The molecular formula is C6H8O4. The maximum absolute atomic E-state index is 10.3. The number of aliphatic carboxylic acids is 1. The Morgan fingerprint density at radius 3 is 2.70 bits per heavy atom. The standard InChI is InChI=1S/C6H8O4/c1-6(2-4(7)8)3-5(9)10-6/h2-3H2,1H3,(H,7,8)/t6-/m0/s1. The highest BCUT2D eigenvalue weighted by Gasteiger charge is 2.43. The van der Waals surface area contributed by atoms with Crippen LogP contribution in [0.25, 0.3) is 0 Å². The Labute approximate surface area is 57.8 Å². The Kier molecular flexibility index (Phi) is 1.39. The normalized spacial score (nSPS) is 30.7. The molecular weight excluding hydrogens is 136 g/mol. The Morgan fingerprint density at radius 2 is 2.40 bits per heavy atom. The molecule has 1 aliphatic heterocycles. The van der Waals surface area contributed by atoms with Crippen molar-refractivity contribution in [2.75, 3.05) is 0 Å². The van der Waals surface area contributed by atoms with E-state index in [0.717, 1.165) is 0 Å². The van der Waals surface area contributed by atoms with Gasteiger partial charge in [-0.15, -0.1) is 0 Å². The van der Waals surface area contributed by atoms with Gasteiger partial charge < -0.3 is 9.84 Å². The van der Waals surface area contributed by atoms with Crippen LogP contribution in [0.3, 0.4) is 0 Å². The SMILES string of the molecule is C[C@]1(CC(=O)O)CC(=O)O1. The quantitative estimate of drug-likeness (QED) is 0.561. The molecule has 1 rings (SSSR count). The van der Waals surface area contributed by atoms with Crippen molar-refractivity contribution < 1.29 is 19.4 Å². The number of cyclic esters (lactones) is 1. The molecule has 0 unspecified atom stereocenters. The summed E-state index contributed by atoms with van der Waals surface area (Å²) in [6, 6.07) is 0. The van der Waals surface area contributed by atoms with Gasteiger partial charge >= 0.3 is 11.9 Å². The van der Waals surface area contributed by atoms with Crippen molar-refractivity contribution in [3.8, 4) is 0 Å². The van der Waals surface area contributed by atoms with Gasteiger partial charge in [0.15, 0.2) is 0 Å². The Balaban J connectivity index is 2.41. The maximum atomic E-state index is 10.3. The van der Waals surface area contributed by atoms with Crippen LogP contribution in [0.2, 0.25) is 0 Å². The molecule has 0 saturated carbocycles. The number of hydrogen-bond acceptors (Lipinski definition) is 3. The fourth-order valence-electron chi connectivity index (χ4n) is 0.990. The van der Waals surface area contributed by atoms with Gasteiger partial charge in [-0.2, -0.15) is 0 Å². The van der Waals surface area contributed by atoms with Crippen LogP contribution in [-0.2, 0) is 14.3 Å². The summed E-state index contributed by atoms with van der Waals surface area (Å²) in [5.41, 5.74) is -0.733. The molecule has 10 heavy (non-hydrogen) atoms. The number of carboxylic acid groups (broad SMARTS) is 1. The van der Waals surface area contributed by atoms with E-state index in [-0.39, 0.29) is 18.8 Å². The van der Waals surface area contributed by atoms with Gasteiger partial charge in [0.1, 0.15) is 5.60 Å². The van der Waals surface area contributed by atoms with Crippen LogP contribution in [0.1, 0.15) is 19.8 Å². The lowest BCUT2D eigenvalue weighted by Crippen LogP contribution is -2.46. The summed E-state index contributed by atoms with van der Waals surface area (Å²) in [5, 5.41) is 8.31. The minimum absolute atomic E-state index is 0.0985. The van der Waals surface area contributed by atoms with Crippen molar-refractivity contribution in [3.63, 3.8) is 0 Å².